The first-order valence-corrected chi connectivity index (χ1v) is 5.64. The Kier molecular flexibility index (Phi) is 2.25. The van der Waals surface area contributed by atoms with Gasteiger partial charge in [0.25, 0.3) is 0 Å². The number of para-hydroxylation sites is 2. The first-order valence-electron chi connectivity index (χ1n) is 5.64. The fourth-order valence-corrected chi connectivity index (χ4v) is 2.38. The van der Waals surface area contributed by atoms with E-state index < -0.39 is 0 Å². The summed E-state index contributed by atoms with van der Waals surface area (Å²) in [7, 11) is 0. The molecule has 0 radical (unpaired) electrons. The minimum Gasteiger partial charge on any atom is -0.381 e. The molecule has 3 heteroatoms. The molecule has 1 saturated heterocycles. The number of fused-ring (bicyclic) bond motifs is 1. The van der Waals surface area contributed by atoms with Crippen molar-refractivity contribution in [2.24, 2.45) is 0 Å². The van der Waals surface area contributed by atoms with Crippen LogP contribution in [0.2, 0.25) is 0 Å². The van der Waals surface area contributed by atoms with Crippen molar-refractivity contribution in [3.63, 3.8) is 0 Å². The fraction of sp³-hybridized carbons (Fsp3) is 0.500. The Labute approximate surface area is 89.8 Å². The van der Waals surface area contributed by atoms with Crippen molar-refractivity contribution >= 4 is 11.4 Å². The van der Waals surface area contributed by atoms with Crippen molar-refractivity contribution in [2.75, 3.05) is 23.8 Å². The van der Waals surface area contributed by atoms with Crippen molar-refractivity contribution < 1.29 is 4.74 Å². The van der Waals surface area contributed by atoms with E-state index in [-0.39, 0.29) is 0 Å². The predicted molar refractivity (Wildman–Crippen MR) is 61.3 cm³/mol. The van der Waals surface area contributed by atoms with Gasteiger partial charge in [-0.15, -0.1) is 0 Å². The van der Waals surface area contributed by atoms with E-state index in [9.17, 15) is 0 Å². The van der Waals surface area contributed by atoms with Gasteiger partial charge in [0.1, 0.15) is 0 Å². The van der Waals surface area contributed by atoms with Crippen LogP contribution in [-0.4, -0.2) is 25.3 Å². The van der Waals surface area contributed by atoms with Gasteiger partial charge in [-0.1, -0.05) is 12.1 Å². The molecule has 0 spiro atoms. The van der Waals surface area contributed by atoms with Gasteiger partial charge in [0.05, 0.1) is 23.5 Å². The summed E-state index contributed by atoms with van der Waals surface area (Å²) in [5.41, 5.74) is 2.40. The number of ether oxygens (including phenoxy) is 1. The van der Waals surface area contributed by atoms with Crippen LogP contribution in [-0.2, 0) is 4.74 Å². The molecule has 1 fully saturated rings. The molecule has 80 valence electrons. The number of benzene rings is 1. The lowest BCUT2D eigenvalue weighted by Gasteiger charge is -2.31. The van der Waals surface area contributed by atoms with E-state index in [0.717, 1.165) is 13.2 Å². The number of anilines is 2. The molecule has 15 heavy (non-hydrogen) atoms. The highest BCUT2D eigenvalue weighted by Gasteiger charge is 2.28. The van der Waals surface area contributed by atoms with Gasteiger partial charge in [-0.2, -0.15) is 0 Å². The molecule has 0 amide bonds. The minimum absolute atomic E-state index is 0.380. The van der Waals surface area contributed by atoms with Crippen LogP contribution in [0.25, 0.3) is 0 Å². The second-order valence-electron chi connectivity index (χ2n) is 4.23. The van der Waals surface area contributed by atoms with E-state index in [2.05, 4.69) is 34.9 Å². The number of nitrogens with one attached hydrogen (secondary N) is 2. The third-order valence-corrected chi connectivity index (χ3v) is 3.19. The Bertz CT molecular complexity index is 347. The molecule has 3 rings (SSSR count). The van der Waals surface area contributed by atoms with Crippen LogP contribution in [0.4, 0.5) is 11.4 Å². The lowest BCUT2D eigenvalue weighted by Crippen LogP contribution is -2.42. The molecular formula is C12H16N2O. The van der Waals surface area contributed by atoms with Crippen LogP contribution in [0.15, 0.2) is 24.3 Å². The van der Waals surface area contributed by atoms with Crippen LogP contribution < -0.4 is 10.6 Å². The highest BCUT2D eigenvalue weighted by molar-refractivity contribution is 5.71. The highest BCUT2D eigenvalue weighted by Crippen LogP contribution is 2.28. The normalized spacial score (nSPS) is 29.1. The van der Waals surface area contributed by atoms with Crippen molar-refractivity contribution in [3.05, 3.63) is 24.3 Å². The lowest BCUT2D eigenvalue weighted by molar-refractivity contribution is 0.0978. The summed E-state index contributed by atoms with van der Waals surface area (Å²) in [5.74, 6) is 0. The third-order valence-electron chi connectivity index (χ3n) is 3.19. The smallest absolute Gasteiger partial charge is 0.0794 e. The zero-order valence-electron chi connectivity index (χ0n) is 8.70. The minimum atomic E-state index is 0.380. The number of hydrogen-bond donors (Lipinski definition) is 2. The van der Waals surface area contributed by atoms with E-state index in [0.29, 0.717) is 12.1 Å². The Morgan fingerprint density at radius 1 is 1.20 bits per heavy atom. The summed E-state index contributed by atoms with van der Waals surface area (Å²) in [6.07, 6.45) is 2.76. The van der Waals surface area contributed by atoms with Gasteiger partial charge in [0, 0.05) is 13.2 Å². The molecule has 2 atom stereocenters. The SMILES string of the molecule is c1ccc2c(c1)NCC(C1CCCO1)N2. The Morgan fingerprint density at radius 3 is 2.87 bits per heavy atom. The second-order valence-corrected chi connectivity index (χ2v) is 4.23. The highest BCUT2D eigenvalue weighted by atomic mass is 16.5. The second kappa shape index (κ2) is 3.74. The van der Waals surface area contributed by atoms with Crippen molar-refractivity contribution in [1.29, 1.82) is 0 Å². The average Bonchev–Trinajstić information content (AvgIpc) is 2.82. The number of hydrogen-bond acceptors (Lipinski definition) is 3. The molecule has 0 bridgehead atoms. The van der Waals surface area contributed by atoms with Crippen molar-refractivity contribution in [2.45, 2.75) is 25.0 Å². The van der Waals surface area contributed by atoms with Gasteiger partial charge in [-0.05, 0) is 25.0 Å². The average molecular weight is 204 g/mol. The van der Waals surface area contributed by atoms with Gasteiger partial charge in [0.15, 0.2) is 0 Å². The monoisotopic (exact) mass is 204 g/mol. The summed E-state index contributed by atoms with van der Waals surface area (Å²) in [4.78, 5) is 0. The number of rotatable bonds is 1. The van der Waals surface area contributed by atoms with Crippen LogP contribution in [0, 0.1) is 0 Å². The Hall–Kier alpha value is -1.22. The molecule has 2 aliphatic rings. The van der Waals surface area contributed by atoms with Gasteiger partial charge in [-0.3, -0.25) is 0 Å². The van der Waals surface area contributed by atoms with E-state index in [4.69, 9.17) is 4.74 Å². The zero-order valence-corrected chi connectivity index (χ0v) is 8.70. The summed E-state index contributed by atoms with van der Waals surface area (Å²) in [5, 5.41) is 7.00. The van der Waals surface area contributed by atoms with Crippen molar-refractivity contribution in [1.82, 2.24) is 0 Å². The summed E-state index contributed by atoms with van der Waals surface area (Å²) < 4.78 is 5.70. The molecule has 3 nitrogen and oxygen atoms in total. The van der Waals surface area contributed by atoms with Gasteiger partial charge >= 0.3 is 0 Å². The van der Waals surface area contributed by atoms with E-state index >= 15 is 0 Å². The van der Waals surface area contributed by atoms with Crippen molar-refractivity contribution in [3.8, 4) is 0 Å². The van der Waals surface area contributed by atoms with Crippen LogP contribution in [0.3, 0.4) is 0 Å². The van der Waals surface area contributed by atoms with E-state index in [1.54, 1.807) is 0 Å². The maximum Gasteiger partial charge on any atom is 0.0794 e. The largest absolute Gasteiger partial charge is 0.381 e. The molecular weight excluding hydrogens is 188 g/mol. The van der Waals surface area contributed by atoms with Crippen LogP contribution >= 0.6 is 0 Å². The first kappa shape index (κ1) is 9.04. The molecule has 1 aromatic carbocycles. The van der Waals surface area contributed by atoms with E-state index in [1.165, 1.54) is 24.2 Å². The van der Waals surface area contributed by atoms with Gasteiger partial charge in [0.2, 0.25) is 0 Å². The third kappa shape index (κ3) is 1.67. The fourth-order valence-electron chi connectivity index (χ4n) is 2.38. The van der Waals surface area contributed by atoms with Gasteiger partial charge in [-0.25, -0.2) is 0 Å². The summed E-state index contributed by atoms with van der Waals surface area (Å²) in [6.45, 7) is 1.88. The lowest BCUT2D eigenvalue weighted by atomic mass is 10.0. The molecule has 2 aliphatic heterocycles. The maximum absolute atomic E-state index is 5.70. The maximum atomic E-state index is 5.70. The molecule has 0 saturated carbocycles. The quantitative estimate of drug-likeness (QED) is 0.734. The Balaban J connectivity index is 1.76. The van der Waals surface area contributed by atoms with Gasteiger partial charge < -0.3 is 15.4 Å². The standard InChI is InChI=1S/C12H16N2O/c1-2-5-10-9(4-1)13-8-11(14-10)12-6-3-7-15-12/h1-2,4-5,11-14H,3,6-8H2. The zero-order chi connectivity index (χ0) is 10.1. The molecule has 1 aromatic rings. The van der Waals surface area contributed by atoms with Crippen LogP contribution in [0.5, 0.6) is 0 Å². The molecule has 2 unspecified atom stereocenters. The first-order chi connectivity index (χ1) is 7.43. The molecule has 0 aromatic heterocycles. The summed E-state index contributed by atoms with van der Waals surface area (Å²) >= 11 is 0. The Morgan fingerprint density at radius 2 is 2.07 bits per heavy atom. The summed E-state index contributed by atoms with van der Waals surface area (Å²) in [6, 6.07) is 8.76. The molecule has 2 N–H and O–H groups in total. The topological polar surface area (TPSA) is 33.3 Å². The molecule has 2 heterocycles. The van der Waals surface area contributed by atoms with Crippen LogP contribution in [0.1, 0.15) is 12.8 Å². The molecule has 0 aliphatic carbocycles. The predicted octanol–water partition coefficient (Wildman–Crippen LogP) is 2.07. The van der Waals surface area contributed by atoms with E-state index in [1.807, 2.05) is 0 Å².